The molecule has 0 aromatic rings. The van der Waals surface area contributed by atoms with E-state index in [0.717, 1.165) is 38.5 Å². The van der Waals surface area contributed by atoms with Crippen LogP contribution in [0.25, 0.3) is 0 Å². The number of unbranched alkanes of at least 4 members (excludes halogenated alkanes) is 2. The highest BCUT2D eigenvalue weighted by molar-refractivity contribution is 5.67. The van der Waals surface area contributed by atoms with Crippen LogP contribution < -0.4 is 11.1 Å². The molecule has 0 heterocycles. The summed E-state index contributed by atoms with van der Waals surface area (Å²) >= 11 is 0. The molecule has 0 aromatic heterocycles. The number of carbonyl (C=O) groups excluding carboxylic acids is 2. The fraction of sp³-hybridized carbons (Fsp3) is 0.900. The average Bonchev–Trinajstić information content (AvgIpc) is 2.44. The van der Waals surface area contributed by atoms with Crippen LogP contribution in [0.4, 0.5) is 9.59 Å². The first-order valence-corrected chi connectivity index (χ1v) is 9.87. The van der Waals surface area contributed by atoms with Crippen molar-refractivity contribution in [1.29, 1.82) is 0 Å². The minimum Gasteiger partial charge on any atom is -0.450 e. The fourth-order valence-electron chi connectivity index (χ4n) is 3.78. The number of alkyl carbamates (subject to hydrolysis) is 1. The minimum atomic E-state index is -0.682. The van der Waals surface area contributed by atoms with Crippen LogP contribution in [0.15, 0.2) is 0 Å². The number of amides is 2. The zero-order valence-electron chi connectivity index (χ0n) is 17.7. The molecule has 3 N–H and O–H groups in total. The molecular weight excluding hydrogens is 332 g/mol. The van der Waals surface area contributed by atoms with E-state index in [1.54, 1.807) is 0 Å². The van der Waals surface area contributed by atoms with Gasteiger partial charge in [-0.3, -0.25) is 0 Å². The molecule has 2 amide bonds. The summed E-state index contributed by atoms with van der Waals surface area (Å²) in [5.74, 6) is 0. The smallest absolute Gasteiger partial charge is 0.407 e. The maximum absolute atomic E-state index is 11.7. The molecular formula is C20H40N2O4. The molecule has 0 aromatic carbocycles. The summed E-state index contributed by atoms with van der Waals surface area (Å²) in [6, 6.07) is 0.248. The maximum Gasteiger partial charge on any atom is 0.407 e. The van der Waals surface area contributed by atoms with Crippen LogP contribution in [-0.4, -0.2) is 31.4 Å². The highest BCUT2D eigenvalue weighted by atomic mass is 16.5. The summed E-state index contributed by atoms with van der Waals surface area (Å²) in [6.07, 6.45) is 6.27. The third-order valence-electron chi connectivity index (χ3n) is 4.35. The summed E-state index contributed by atoms with van der Waals surface area (Å²) < 4.78 is 9.59. The Morgan fingerprint density at radius 1 is 0.962 bits per heavy atom. The summed E-state index contributed by atoms with van der Waals surface area (Å²) in [4.78, 5) is 21.5. The predicted molar refractivity (Wildman–Crippen MR) is 105 cm³/mol. The van der Waals surface area contributed by atoms with E-state index in [1.807, 2.05) is 6.92 Å². The van der Waals surface area contributed by atoms with Gasteiger partial charge in [-0.1, -0.05) is 54.4 Å². The zero-order valence-corrected chi connectivity index (χ0v) is 17.7. The van der Waals surface area contributed by atoms with Gasteiger partial charge in [-0.15, -0.1) is 0 Å². The van der Waals surface area contributed by atoms with Crippen LogP contribution in [0, 0.1) is 10.8 Å². The van der Waals surface area contributed by atoms with E-state index in [9.17, 15) is 9.59 Å². The normalized spacial score (nSPS) is 18.2. The Morgan fingerprint density at radius 3 is 1.85 bits per heavy atom. The molecule has 0 aliphatic heterocycles. The van der Waals surface area contributed by atoms with Gasteiger partial charge in [-0.2, -0.15) is 0 Å². The number of nitrogens with one attached hydrogen (secondary N) is 1. The first kappa shape index (κ1) is 24.5. The lowest BCUT2D eigenvalue weighted by Crippen LogP contribution is -2.46. The molecule has 0 radical (unpaired) electrons. The van der Waals surface area contributed by atoms with E-state index < -0.39 is 6.09 Å². The molecule has 1 fully saturated rings. The molecule has 0 unspecified atom stereocenters. The van der Waals surface area contributed by atoms with Gasteiger partial charge in [-0.05, 0) is 42.9 Å². The highest BCUT2D eigenvalue weighted by Crippen LogP contribution is 2.45. The van der Waals surface area contributed by atoms with Crippen LogP contribution >= 0.6 is 0 Å². The standard InChI is InChI=1S/C15H29NO2.C5H11NO2/c1-6-7-8-18-13(17)16-12-9-14(2,3)11-15(4,5)10-12;1-2-3-4-8-5(6)7/h12H,6-11H2,1-5H3,(H,16,17);2-4H2,1H3,(H2,6,7). The number of primary amides is 1. The van der Waals surface area contributed by atoms with Gasteiger partial charge in [0.15, 0.2) is 0 Å². The summed E-state index contributed by atoms with van der Waals surface area (Å²) in [7, 11) is 0. The Bertz CT molecular complexity index is 406. The average molecular weight is 373 g/mol. The minimum absolute atomic E-state index is 0.248. The van der Waals surface area contributed by atoms with Crippen molar-refractivity contribution in [1.82, 2.24) is 5.32 Å². The molecule has 0 bridgehead atoms. The molecule has 1 aliphatic rings. The molecule has 6 nitrogen and oxygen atoms in total. The van der Waals surface area contributed by atoms with Gasteiger partial charge >= 0.3 is 12.2 Å². The summed E-state index contributed by atoms with van der Waals surface area (Å²) in [5.41, 5.74) is 5.26. The number of nitrogens with two attached hydrogens (primary N) is 1. The molecule has 1 rings (SSSR count). The van der Waals surface area contributed by atoms with Crippen molar-refractivity contribution in [3.63, 3.8) is 0 Å². The van der Waals surface area contributed by atoms with Gasteiger partial charge in [0.05, 0.1) is 13.2 Å². The van der Waals surface area contributed by atoms with E-state index in [4.69, 9.17) is 4.74 Å². The van der Waals surface area contributed by atoms with Gasteiger partial charge in [0.25, 0.3) is 0 Å². The van der Waals surface area contributed by atoms with Gasteiger partial charge in [0, 0.05) is 6.04 Å². The van der Waals surface area contributed by atoms with Crippen molar-refractivity contribution in [3.05, 3.63) is 0 Å². The first-order chi connectivity index (χ1) is 12.0. The van der Waals surface area contributed by atoms with Crippen molar-refractivity contribution < 1.29 is 19.1 Å². The van der Waals surface area contributed by atoms with Crippen LogP contribution in [-0.2, 0) is 9.47 Å². The topological polar surface area (TPSA) is 90.7 Å². The molecule has 0 saturated heterocycles. The predicted octanol–water partition coefficient (Wildman–Crippen LogP) is 5.00. The lowest BCUT2D eigenvalue weighted by atomic mass is 9.63. The number of carbonyl (C=O) groups is 2. The molecule has 0 spiro atoms. The van der Waals surface area contributed by atoms with E-state index in [0.29, 0.717) is 24.0 Å². The molecule has 1 aliphatic carbocycles. The molecule has 26 heavy (non-hydrogen) atoms. The quantitative estimate of drug-likeness (QED) is 0.615. The maximum atomic E-state index is 11.7. The Hall–Kier alpha value is -1.46. The van der Waals surface area contributed by atoms with Crippen LogP contribution in [0.3, 0.4) is 0 Å². The monoisotopic (exact) mass is 372 g/mol. The number of ether oxygens (including phenoxy) is 2. The Kier molecular flexibility index (Phi) is 11.3. The first-order valence-electron chi connectivity index (χ1n) is 9.87. The Labute approximate surface area is 159 Å². The van der Waals surface area contributed by atoms with Gasteiger partial charge in [-0.25, -0.2) is 9.59 Å². The van der Waals surface area contributed by atoms with Gasteiger partial charge in [0.2, 0.25) is 0 Å². The van der Waals surface area contributed by atoms with Crippen LogP contribution in [0.2, 0.25) is 0 Å². The van der Waals surface area contributed by atoms with E-state index in [-0.39, 0.29) is 12.1 Å². The summed E-state index contributed by atoms with van der Waals surface area (Å²) in [6.45, 7) is 14.2. The SMILES string of the molecule is CCCCOC(=O)NC1CC(C)(C)CC(C)(C)C1.CCCCOC(N)=O. The molecule has 0 atom stereocenters. The number of rotatable bonds is 7. The second kappa shape index (κ2) is 12.0. The number of hydrogen-bond acceptors (Lipinski definition) is 4. The van der Waals surface area contributed by atoms with Crippen molar-refractivity contribution in [2.24, 2.45) is 16.6 Å². The van der Waals surface area contributed by atoms with Crippen molar-refractivity contribution >= 4 is 12.2 Å². The molecule has 6 heteroatoms. The largest absolute Gasteiger partial charge is 0.450 e. The molecule has 154 valence electrons. The zero-order chi connectivity index (χ0) is 20.2. The van der Waals surface area contributed by atoms with E-state index in [2.05, 4.69) is 50.4 Å². The van der Waals surface area contributed by atoms with Gasteiger partial charge in [0.1, 0.15) is 0 Å². The second-order valence-electron chi connectivity index (χ2n) is 8.77. The number of hydrogen-bond donors (Lipinski definition) is 2. The second-order valence-corrected chi connectivity index (χ2v) is 8.77. The van der Waals surface area contributed by atoms with E-state index >= 15 is 0 Å². The van der Waals surface area contributed by atoms with Crippen molar-refractivity contribution in [2.45, 2.75) is 92.5 Å². The Balaban J connectivity index is 0.000000660. The van der Waals surface area contributed by atoms with Crippen molar-refractivity contribution in [2.75, 3.05) is 13.2 Å². The van der Waals surface area contributed by atoms with E-state index in [1.165, 1.54) is 6.42 Å². The molecule has 1 saturated carbocycles. The third-order valence-corrected chi connectivity index (χ3v) is 4.35. The van der Waals surface area contributed by atoms with Crippen LogP contribution in [0.1, 0.15) is 86.5 Å². The van der Waals surface area contributed by atoms with Gasteiger partial charge < -0.3 is 20.5 Å². The highest BCUT2D eigenvalue weighted by Gasteiger charge is 2.39. The van der Waals surface area contributed by atoms with Crippen molar-refractivity contribution in [3.8, 4) is 0 Å². The Morgan fingerprint density at radius 2 is 1.42 bits per heavy atom. The van der Waals surface area contributed by atoms with Crippen LogP contribution in [0.5, 0.6) is 0 Å². The lowest BCUT2D eigenvalue weighted by Gasteiger charge is -2.44. The fourth-order valence-corrected chi connectivity index (χ4v) is 3.78. The lowest BCUT2D eigenvalue weighted by molar-refractivity contribution is 0.0772. The third kappa shape index (κ3) is 12.8. The summed E-state index contributed by atoms with van der Waals surface area (Å²) in [5, 5.41) is 3.03.